The molecule has 1 amide bonds. The van der Waals surface area contributed by atoms with Gasteiger partial charge in [-0.15, -0.1) is 0 Å². The lowest BCUT2D eigenvalue weighted by Gasteiger charge is -2.15. The van der Waals surface area contributed by atoms with Crippen molar-refractivity contribution < 1.29 is 13.6 Å². The number of amides is 1. The van der Waals surface area contributed by atoms with Gasteiger partial charge >= 0.3 is 0 Å². The Hall–Kier alpha value is -3.03. The van der Waals surface area contributed by atoms with Gasteiger partial charge in [0.15, 0.2) is 17.2 Å². The van der Waals surface area contributed by atoms with Gasteiger partial charge in [-0.25, -0.2) is 14.4 Å². The topological polar surface area (TPSA) is 92.9 Å². The normalized spacial score (nSPS) is 12.2. The summed E-state index contributed by atoms with van der Waals surface area (Å²) in [6.07, 6.45) is 0. The van der Waals surface area contributed by atoms with Crippen LogP contribution in [0.1, 0.15) is 24.2 Å². The largest absolute Gasteiger partial charge is 0.422 e. The second-order valence-corrected chi connectivity index (χ2v) is 5.84. The Morgan fingerprint density at radius 1 is 1.20 bits per heavy atom. The Bertz CT molecular complexity index is 954. The predicted molar refractivity (Wildman–Crippen MR) is 91.9 cm³/mol. The highest BCUT2D eigenvalue weighted by molar-refractivity contribution is 5.97. The van der Waals surface area contributed by atoms with E-state index in [4.69, 9.17) is 4.42 Å². The summed E-state index contributed by atoms with van der Waals surface area (Å²) in [4.78, 5) is 25.0. The fourth-order valence-electron chi connectivity index (χ4n) is 2.37. The van der Waals surface area contributed by atoms with Gasteiger partial charge in [0, 0.05) is 6.92 Å². The number of halogens is 1. The first-order valence-electron chi connectivity index (χ1n) is 7.79. The van der Waals surface area contributed by atoms with Crippen LogP contribution in [-0.4, -0.2) is 26.9 Å². The number of benzene rings is 1. The molecule has 0 radical (unpaired) electrons. The molecule has 0 aliphatic heterocycles. The van der Waals surface area contributed by atoms with Gasteiger partial charge in [-0.1, -0.05) is 6.07 Å². The molecular formula is C17H18FN5O2. The summed E-state index contributed by atoms with van der Waals surface area (Å²) in [6.45, 7) is 6.85. The molecule has 130 valence electrons. The van der Waals surface area contributed by atoms with Crippen LogP contribution in [0.5, 0.6) is 0 Å². The quantitative estimate of drug-likeness (QED) is 0.756. The number of aromatic nitrogens is 3. The number of rotatable bonds is 4. The predicted octanol–water partition coefficient (Wildman–Crippen LogP) is 3.12. The minimum absolute atomic E-state index is 0.130. The molecule has 0 saturated carbocycles. The molecule has 0 fully saturated rings. The molecule has 25 heavy (non-hydrogen) atoms. The molecule has 2 N–H and O–H groups in total. The van der Waals surface area contributed by atoms with Crippen LogP contribution in [0.25, 0.3) is 11.2 Å². The monoisotopic (exact) mass is 343 g/mol. The first-order valence-corrected chi connectivity index (χ1v) is 7.79. The van der Waals surface area contributed by atoms with E-state index in [1.165, 1.54) is 12.1 Å². The molecule has 3 aromatic rings. The lowest BCUT2D eigenvalue weighted by atomic mass is 10.2. The number of hydrogen-bond donors (Lipinski definition) is 2. The molecular weight excluding hydrogens is 325 g/mol. The Morgan fingerprint density at radius 2 is 1.96 bits per heavy atom. The average molecular weight is 343 g/mol. The highest BCUT2D eigenvalue weighted by atomic mass is 19.1. The average Bonchev–Trinajstić information content (AvgIpc) is 2.90. The fraction of sp³-hybridized carbons (Fsp3) is 0.294. The number of hydrogen-bond acceptors (Lipinski definition) is 6. The van der Waals surface area contributed by atoms with E-state index in [9.17, 15) is 9.18 Å². The van der Waals surface area contributed by atoms with Crippen molar-refractivity contribution in [3.05, 3.63) is 41.3 Å². The van der Waals surface area contributed by atoms with Crippen molar-refractivity contribution in [3.8, 4) is 0 Å². The smallest absolute Gasteiger partial charge is 0.252 e. The van der Waals surface area contributed by atoms with Crippen LogP contribution in [0, 0.1) is 26.6 Å². The van der Waals surface area contributed by atoms with E-state index in [1.807, 2.05) is 0 Å². The van der Waals surface area contributed by atoms with Crippen LogP contribution in [0.2, 0.25) is 0 Å². The maximum absolute atomic E-state index is 13.9. The third-order valence-electron chi connectivity index (χ3n) is 3.61. The molecule has 0 saturated heterocycles. The molecule has 7 nitrogen and oxygen atoms in total. The molecule has 2 heterocycles. The number of anilines is 2. The standard InChI is InChI=1S/C17H18FN5O2/c1-8-5-6-13(12(18)7-8)23-16(24)9(2)19-15-14-17(21-10(3)20-15)25-11(4)22-14/h5-7,9H,1-4H3,(H,23,24)(H,19,20,21)/t9-/m0/s1. The summed E-state index contributed by atoms with van der Waals surface area (Å²) < 4.78 is 19.3. The van der Waals surface area contributed by atoms with Crippen molar-refractivity contribution in [2.75, 3.05) is 10.6 Å². The van der Waals surface area contributed by atoms with Gasteiger partial charge < -0.3 is 15.1 Å². The summed E-state index contributed by atoms with van der Waals surface area (Å²) in [7, 11) is 0. The molecule has 0 unspecified atom stereocenters. The van der Waals surface area contributed by atoms with E-state index in [0.717, 1.165) is 5.56 Å². The molecule has 1 aromatic carbocycles. The van der Waals surface area contributed by atoms with Gasteiger partial charge in [-0.3, -0.25) is 4.79 Å². The van der Waals surface area contributed by atoms with E-state index in [-0.39, 0.29) is 5.69 Å². The van der Waals surface area contributed by atoms with Crippen molar-refractivity contribution >= 4 is 28.6 Å². The lowest BCUT2D eigenvalue weighted by molar-refractivity contribution is -0.116. The number of carbonyl (C=O) groups excluding carboxylic acids is 1. The molecule has 0 bridgehead atoms. The van der Waals surface area contributed by atoms with Crippen LogP contribution < -0.4 is 10.6 Å². The Kier molecular flexibility index (Phi) is 4.35. The van der Waals surface area contributed by atoms with Crippen molar-refractivity contribution in [3.63, 3.8) is 0 Å². The minimum atomic E-state index is -0.671. The third-order valence-corrected chi connectivity index (χ3v) is 3.61. The van der Waals surface area contributed by atoms with E-state index >= 15 is 0 Å². The van der Waals surface area contributed by atoms with Crippen molar-refractivity contribution in [2.24, 2.45) is 0 Å². The van der Waals surface area contributed by atoms with E-state index in [2.05, 4.69) is 25.6 Å². The van der Waals surface area contributed by atoms with Gasteiger partial charge in [-0.05, 0) is 38.5 Å². The van der Waals surface area contributed by atoms with Crippen LogP contribution in [0.4, 0.5) is 15.9 Å². The number of nitrogens with zero attached hydrogens (tertiary/aromatic N) is 3. The van der Waals surface area contributed by atoms with Crippen molar-refractivity contribution in [1.82, 2.24) is 15.0 Å². The van der Waals surface area contributed by atoms with Gasteiger partial charge in [0.25, 0.3) is 5.71 Å². The molecule has 1 atom stereocenters. The van der Waals surface area contributed by atoms with Crippen molar-refractivity contribution in [1.29, 1.82) is 0 Å². The van der Waals surface area contributed by atoms with Gasteiger partial charge in [0.05, 0.1) is 5.69 Å². The summed E-state index contributed by atoms with van der Waals surface area (Å²) in [5.74, 6) is 0.465. The van der Waals surface area contributed by atoms with E-state index < -0.39 is 17.8 Å². The van der Waals surface area contributed by atoms with Crippen molar-refractivity contribution in [2.45, 2.75) is 33.7 Å². The lowest BCUT2D eigenvalue weighted by Crippen LogP contribution is -2.32. The zero-order chi connectivity index (χ0) is 18.1. The van der Waals surface area contributed by atoms with Crippen LogP contribution >= 0.6 is 0 Å². The number of oxazole rings is 1. The number of nitrogens with one attached hydrogen (secondary N) is 2. The summed E-state index contributed by atoms with van der Waals surface area (Å²) in [6, 6.07) is 3.95. The molecule has 0 aliphatic rings. The SMILES string of the molecule is Cc1ccc(NC(=O)[C@H](C)Nc2nc(C)nc3oc(C)nc23)c(F)c1. The zero-order valence-corrected chi connectivity index (χ0v) is 14.3. The second-order valence-electron chi connectivity index (χ2n) is 5.84. The molecule has 0 aliphatic carbocycles. The molecule has 3 rings (SSSR count). The number of fused-ring (bicyclic) bond motifs is 1. The first kappa shape index (κ1) is 16.8. The highest BCUT2D eigenvalue weighted by Crippen LogP contribution is 2.21. The first-order chi connectivity index (χ1) is 11.8. The maximum Gasteiger partial charge on any atom is 0.252 e. The molecule has 2 aromatic heterocycles. The van der Waals surface area contributed by atoms with Gasteiger partial charge in [0.1, 0.15) is 17.7 Å². The molecule has 8 heteroatoms. The van der Waals surface area contributed by atoms with Crippen LogP contribution in [0.15, 0.2) is 22.6 Å². The maximum atomic E-state index is 13.9. The zero-order valence-electron chi connectivity index (χ0n) is 14.3. The van der Waals surface area contributed by atoms with Crippen LogP contribution in [0.3, 0.4) is 0 Å². The second kappa shape index (κ2) is 6.46. The Labute approximate surface area is 143 Å². The van der Waals surface area contributed by atoms with Crippen LogP contribution in [-0.2, 0) is 4.79 Å². The minimum Gasteiger partial charge on any atom is -0.422 e. The summed E-state index contributed by atoms with van der Waals surface area (Å²) in [5.41, 5.74) is 1.71. The Morgan fingerprint density at radius 3 is 2.68 bits per heavy atom. The number of carbonyl (C=O) groups is 1. The van der Waals surface area contributed by atoms with E-state index in [1.54, 1.807) is 33.8 Å². The summed E-state index contributed by atoms with van der Waals surface area (Å²) in [5, 5.41) is 5.54. The van der Waals surface area contributed by atoms with Gasteiger partial charge in [0.2, 0.25) is 5.91 Å². The summed E-state index contributed by atoms with van der Waals surface area (Å²) >= 11 is 0. The highest BCUT2D eigenvalue weighted by Gasteiger charge is 2.19. The fourth-order valence-corrected chi connectivity index (χ4v) is 2.37. The molecule has 0 spiro atoms. The third kappa shape index (κ3) is 3.57. The van der Waals surface area contributed by atoms with E-state index in [0.29, 0.717) is 28.8 Å². The number of aryl methyl sites for hydroxylation is 3. The van der Waals surface area contributed by atoms with Gasteiger partial charge in [-0.2, -0.15) is 4.98 Å². The Balaban J connectivity index is 1.80.